The van der Waals surface area contributed by atoms with Crippen molar-refractivity contribution < 1.29 is 4.74 Å². The molecule has 78 valence electrons. The van der Waals surface area contributed by atoms with Gasteiger partial charge in [0.1, 0.15) is 5.75 Å². The highest BCUT2D eigenvalue weighted by Gasteiger charge is 2.12. The molecule has 0 spiro atoms. The van der Waals surface area contributed by atoms with E-state index in [-0.39, 0.29) is 5.41 Å². The van der Waals surface area contributed by atoms with E-state index in [9.17, 15) is 0 Å². The van der Waals surface area contributed by atoms with E-state index in [0.29, 0.717) is 6.61 Å². The van der Waals surface area contributed by atoms with Crippen LogP contribution in [-0.2, 0) is 0 Å². The van der Waals surface area contributed by atoms with E-state index >= 15 is 0 Å². The van der Waals surface area contributed by atoms with Gasteiger partial charge in [0.05, 0.1) is 11.6 Å². The van der Waals surface area contributed by atoms with Gasteiger partial charge in [0.25, 0.3) is 0 Å². The summed E-state index contributed by atoms with van der Waals surface area (Å²) in [7, 11) is 0. The minimum Gasteiger partial charge on any atom is -0.491 e. The molecule has 0 unspecified atom stereocenters. The lowest BCUT2D eigenvalue weighted by Gasteiger charge is -2.19. The molecular formula is C12H17ClO. The summed E-state index contributed by atoms with van der Waals surface area (Å²) in [6.07, 6.45) is 0. The Labute approximate surface area is 91.0 Å². The van der Waals surface area contributed by atoms with Crippen molar-refractivity contribution in [3.63, 3.8) is 0 Å². The molecule has 0 saturated carbocycles. The molecule has 0 radical (unpaired) electrons. The fraction of sp³-hybridized carbons (Fsp3) is 0.500. The third-order valence-electron chi connectivity index (χ3n) is 1.82. The Morgan fingerprint density at radius 2 is 1.93 bits per heavy atom. The SMILES string of the molecule is Cc1cccc(OCC(C)(C)C)c1Cl. The number of aryl methyl sites for hydroxylation is 1. The molecule has 1 aromatic carbocycles. The molecule has 0 atom stereocenters. The predicted octanol–water partition coefficient (Wildman–Crippen LogP) is 4.07. The monoisotopic (exact) mass is 212 g/mol. The van der Waals surface area contributed by atoms with Gasteiger partial charge in [-0.2, -0.15) is 0 Å². The van der Waals surface area contributed by atoms with Crippen molar-refractivity contribution in [2.24, 2.45) is 5.41 Å². The first kappa shape index (κ1) is 11.4. The molecule has 14 heavy (non-hydrogen) atoms. The number of ether oxygens (including phenoxy) is 1. The van der Waals surface area contributed by atoms with E-state index in [0.717, 1.165) is 16.3 Å². The Bertz CT molecular complexity index is 313. The average Bonchev–Trinajstić information content (AvgIpc) is 2.06. The third-order valence-corrected chi connectivity index (χ3v) is 2.30. The van der Waals surface area contributed by atoms with Crippen LogP contribution in [0.3, 0.4) is 0 Å². The second-order valence-corrected chi connectivity index (χ2v) is 5.11. The maximum atomic E-state index is 6.10. The highest BCUT2D eigenvalue weighted by atomic mass is 35.5. The van der Waals surface area contributed by atoms with Crippen LogP contribution in [0.2, 0.25) is 5.02 Å². The zero-order valence-electron chi connectivity index (χ0n) is 9.23. The molecule has 0 aromatic heterocycles. The van der Waals surface area contributed by atoms with Crippen molar-refractivity contribution in [3.8, 4) is 5.75 Å². The standard InChI is InChI=1S/C12H17ClO/c1-9-6-5-7-10(11(9)13)14-8-12(2,3)4/h5-7H,8H2,1-4H3. The summed E-state index contributed by atoms with van der Waals surface area (Å²) < 4.78 is 5.65. The Hall–Kier alpha value is -0.690. The number of hydrogen-bond donors (Lipinski definition) is 0. The second-order valence-electron chi connectivity index (χ2n) is 4.74. The molecule has 0 bridgehead atoms. The van der Waals surface area contributed by atoms with Crippen LogP contribution in [0.4, 0.5) is 0 Å². The first-order valence-corrected chi connectivity index (χ1v) is 5.16. The van der Waals surface area contributed by atoms with Crippen LogP contribution in [0.15, 0.2) is 18.2 Å². The van der Waals surface area contributed by atoms with E-state index in [1.54, 1.807) is 0 Å². The Kier molecular flexibility index (Phi) is 3.43. The smallest absolute Gasteiger partial charge is 0.138 e. The molecule has 1 nitrogen and oxygen atoms in total. The molecule has 1 aromatic rings. The van der Waals surface area contributed by atoms with Gasteiger partial charge in [0, 0.05) is 0 Å². The Morgan fingerprint density at radius 3 is 2.50 bits per heavy atom. The van der Waals surface area contributed by atoms with Crippen molar-refractivity contribution >= 4 is 11.6 Å². The molecule has 0 amide bonds. The van der Waals surface area contributed by atoms with Crippen molar-refractivity contribution in [2.75, 3.05) is 6.61 Å². The summed E-state index contributed by atoms with van der Waals surface area (Å²) >= 11 is 6.10. The fourth-order valence-corrected chi connectivity index (χ4v) is 1.21. The molecule has 0 N–H and O–H groups in total. The predicted molar refractivity (Wildman–Crippen MR) is 61.1 cm³/mol. The summed E-state index contributed by atoms with van der Waals surface area (Å²) in [6, 6.07) is 5.84. The van der Waals surface area contributed by atoms with Crippen molar-refractivity contribution in [3.05, 3.63) is 28.8 Å². The van der Waals surface area contributed by atoms with Gasteiger partial charge in [-0.1, -0.05) is 44.5 Å². The lowest BCUT2D eigenvalue weighted by Crippen LogP contribution is -2.17. The van der Waals surface area contributed by atoms with E-state index in [2.05, 4.69) is 20.8 Å². The minimum absolute atomic E-state index is 0.160. The molecule has 1 rings (SSSR count). The van der Waals surface area contributed by atoms with Crippen LogP contribution in [0, 0.1) is 12.3 Å². The molecule has 0 fully saturated rings. The van der Waals surface area contributed by atoms with Crippen molar-refractivity contribution in [1.82, 2.24) is 0 Å². The quantitative estimate of drug-likeness (QED) is 0.718. The van der Waals surface area contributed by atoms with Gasteiger partial charge >= 0.3 is 0 Å². The Balaban J connectivity index is 2.73. The molecule has 2 heteroatoms. The number of hydrogen-bond acceptors (Lipinski definition) is 1. The summed E-state index contributed by atoms with van der Waals surface area (Å²) in [5.74, 6) is 0.779. The van der Waals surface area contributed by atoms with E-state index in [1.807, 2.05) is 25.1 Å². The number of halogens is 1. The van der Waals surface area contributed by atoms with Crippen molar-refractivity contribution in [2.45, 2.75) is 27.7 Å². The second kappa shape index (κ2) is 4.22. The molecule has 0 heterocycles. The first-order valence-electron chi connectivity index (χ1n) is 4.78. The molecule has 0 aliphatic rings. The van der Waals surface area contributed by atoms with Gasteiger partial charge in [0.2, 0.25) is 0 Å². The third kappa shape index (κ3) is 3.22. The van der Waals surface area contributed by atoms with Crippen LogP contribution >= 0.6 is 11.6 Å². The minimum atomic E-state index is 0.160. The van der Waals surface area contributed by atoms with Gasteiger partial charge in [0.15, 0.2) is 0 Å². The number of rotatable bonds is 2. The lowest BCUT2D eigenvalue weighted by molar-refractivity contribution is 0.198. The van der Waals surface area contributed by atoms with Crippen LogP contribution in [-0.4, -0.2) is 6.61 Å². The molecule has 0 aliphatic heterocycles. The summed E-state index contributed by atoms with van der Waals surface area (Å²) in [4.78, 5) is 0. The van der Waals surface area contributed by atoms with Gasteiger partial charge in [-0.05, 0) is 24.0 Å². The average molecular weight is 213 g/mol. The van der Waals surface area contributed by atoms with Gasteiger partial charge in [-0.3, -0.25) is 0 Å². The van der Waals surface area contributed by atoms with Gasteiger partial charge in [-0.15, -0.1) is 0 Å². The number of benzene rings is 1. The highest BCUT2D eigenvalue weighted by molar-refractivity contribution is 6.32. The highest BCUT2D eigenvalue weighted by Crippen LogP contribution is 2.28. The van der Waals surface area contributed by atoms with Crippen LogP contribution in [0.5, 0.6) is 5.75 Å². The molecule has 0 aliphatic carbocycles. The molecular weight excluding hydrogens is 196 g/mol. The van der Waals surface area contributed by atoms with Crippen LogP contribution < -0.4 is 4.74 Å². The van der Waals surface area contributed by atoms with E-state index < -0.39 is 0 Å². The van der Waals surface area contributed by atoms with E-state index in [4.69, 9.17) is 16.3 Å². The lowest BCUT2D eigenvalue weighted by atomic mass is 9.99. The van der Waals surface area contributed by atoms with Crippen LogP contribution in [0.1, 0.15) is 26.3 Å². The molecule has 0 saturated heterocycles. The fourth-order valence-electron chi connectivity index (χ4n) is 1.03. The van der Waals surface area contributed by atoms with Crippen molar-refractivity contribution in [1.29, 1.82) is 0 Å². The zero-order valence-corrected chi connectivity index (χ0v) is 9.98. The van der Waals surface area contributed by atoms with Gasteiger partial charge < -0.3 is 4.74 Å². The largest absolute Gasteiger partial charge is 0.491 e. The zero-order chi connectivity index (χ0) is 10.8. The summed E-state index contributed by atoms with van der Waals surface area (Å²) in [5.41, 5.74) is 1.21. The maximum Gasteiger partial charge on any atom is 0.138 e. The Morgan fingerprint density at radius 1 is 1.29 bits per heavy atom. The van der Waals surface area contributed by atoms with Gasteiger partial charge in [-0.25, -0.2) is 0 Å². The normalized spacial score (nSPS) is 11.5. The first-order chi connectivity index (χ1) is 6.40. The topological polar surface area (TPSA) is 9.23 Å². The van der Waals surface area contributed by atoms with Crippen LogP contribution in [0.25, 0.3) is 0 Å². The maximum absolute atomic E-state index is 6.10. The van der Waals surface area contributed by atoms with E-state index in [1.165, 1.54) is 0 Å². The summed E-state index contributed by atoms with van der Waals surface area (Å²) in [6.45, 7) is 9.06. The summed E-state index contributed by atoms with van der Waals surface area (Å²) in [5, 5.41) is 0.719.